The molecule has 0 bridgehead atoms. The average molecular weight is 324 g/mol. The summed E-state index contributed by atoms with van der Waals surface area (Å²) >= 11 is 0. The molecular weight excluding hydrogens is 300 g/mol. The molecule has 0 aromatic heterocycles. The average Bonchev–Trinajstić information content (AvgIpc) is 2.61. The van der Waals surface area contributed by atoms with Crippen LogP contribution in [-0.4, -0.2) is 37.1 Å². The first-order chi connectivity index (χ1) is 11.7. The predicted octanol–water partition coefficient (Wildman–Crippen LogP) is 2.76. The summed E-state index contributed by atoms with van der Waals surface area (Å²) in [7, 11) is 0. The van der Waals surface area contributed by atoms with Gasteiger partial charge in [0.25, 0.3) is 5.91 Å². The number of morpholine rings is 1. The highest BCUT2D eigenvalue weighted by molar-refractivity contribution is 5.94. The van der Waals surface area contributed by atoms with E-state index >= 15 is 0 Å². The van der Waals surface area contributed by atoms with Gasteiger partial charge in [-0.15, -0.1) is 0 Å². The second-order valence-electron chi connectivity index (χ2n) is 6.21. The van der Waals surface area contributed by atoms with Gasteiger partial charge in [-0.05, 0) is 30.2 Å². The van der Waals surface area contributed by atoms with E-state index in [9.17, 15) is 4.79 Å². The topological polar surface area (TPSA) is 41.6 Å². The Kier molecular flexibility index (Phi) is 5.62. The molecule has 4 heteroatoms. The molecule has 1 N–H and O–H groups in total. The Balaban J connectivity index is 1.63. The lowest BCUT2D eigenvalue weighted by Crippen LogP contribution is -2.36. The van der Waals surface area contributed by atoms with Crippen LogP contribution in [0.15, 0.2) is 48.5 Å². The quantitative estimate of drug-likeness (QED) is 0.919. The Morgan fingerprint density at radius 3 is 2.58 bits per heavy atom. The predicted molar refractivity (Wildman–Crippen MR) is 94.9 cm³/mol. The molecule has 2 aromatic carbocycles. The van der Waals surface area contributed by atoms with Crippen molar-refractivity contribution in [1.82, 2.24) is 10.2 Å². The molecule has 1 aliphatic rings. The molecule has 1 aliphatic heterocycles. The third-order valence-electron chi connectivity index (χ3n) is 4.34. The molecule has 1 amide bonds. The van der Waals surface area contributed by atoms with Gasteiger partial charge in [-0.3, -0.25) is 9.69 Å². The van der Waals surface area contributed by atoms with Crippen molar-refractivity contribution < 1.29 is 9.53 Å². The van der Waals surface area contributed by atoms with E-state index in [4.69, 9.17) is 4.74 Å². The monoisotopic (exact) mass is 324 g/mol. The maximum Gasteiger partial charge on any atom is 0.251 e. The molecule has 0 aliphatic carbocycles. The molecule has 0 saturated carbocycles. The Bertz CT molecular complexity index is 694. The van der Waals surface area contributed by atoms with Crippen LogP contribution >= 0.6 is 0 Å². The van der Waals surface area contributed by atoms with Gasteiger partial charge in [0.05, 0.1) is 13.2 Å². The third kappa shape index (κ3) is 4.43. The van der Waals surface area contributed by atoms with E-state index in [-0.39, 0.29) is 5.91 Å². The van der Waals surface area contributed by atoms with Crippen molar-refractivity contribution in [3.63, 3.8) is 0 Å². The van der Waals surface area contributed by atoms with Gasteiger partial charge >= 0.3 is 0 Å². The van der Waals surface area contributed by atoms with Crippen LogP contribution in [0.5, 0.6) is 0 Å². The maximum absolute atomic E-state index is 12.3. The summed E-state index contributed by atoms with van der Waals surface area (Å²) in [6.45, 7) is 6.97. The molecule has 4 nitrogen and oxygen atoms in total. The van der Waals surface area contributed by atoms with E-state index in [0.29, 0.717) is 12.1 Å². The van der Waals surface area contributed by atoms with Crippen LogP contribution in [0.25, 0.3) is 0 Å². The summed E-state index contributed by atoms with van der Waals surface area (Å²) in [4.78, 5) is 14.7. The minimum atomic E-state index is -0.0279. The third-order valence-corrected chi connectivity index (χ3v) is 4.34. The first-order valence-corrected chi connectivity index (χ1v) is 8.44. The summed E-state index contributed by atoms with van der Waals surface area (Å²) in [5.41, 5.74) is 4.24. The Labute approximate surface area is 143 Å². The summed E-state index contributed by atoms with van der Waals surface area (Å²) < 4.78 is 5.41. The number of carbonyl (C=O) groups is 1. The Morgan fingerprint density at radius 1 is 1.08 bits per heavy atom. The highest BCUT2D eigenvalue weighted by Gasteiger charge is 2.13. The molecule has 1 heterocycles. The van der Waals surface area contributed by atoms with E-state index < -0.39 is 0 Å². The number of amides is 1. The van der Waals surface area contributed by atoms with Crippen LogP contribution in [0.4, 0.5) is 0 Å². The largest absolute Gasteiger partial charge is 0.379 e. The molecule has 0 unspecified atom stereocenters. The SMILES string of the molecule is Cc1cccc(C(=O)NCc2ccccc2CN2CCOCC2)c1. The Morgan fingerprint density at radius 2 is 1.83 bits per heavy atom. The van der Waals surface area contributed by atoms with Gasteiger partial charge in [0.1, 0.15) is 0 Å². The zero-order valence-electron chi connectivity index (χ0n) is 14.1. The number of aryl methyl sites for hydroxylation is 1. The lowest BCUT2D eigenvalue weighted by molar-refractivity contribution is 0.0340. The van der Waals surface area contributed by atoms with Gasteiger partial charge in [0.2, 0.25) is 0 Å². The van der Waals surface area contributed by atoms with Gasteiger partial charge in [-0.2, -0.15) is 0 Å². The fourth-order valence-electron chi connectivity index (χ4n) is 2.95. The van der Waals surface area contributed by atoms with Crippen molar-refractivity contribution >= 4 is 5.91 Å². The maximum atomic E-state index is 12.3. The fraction of sp³-hybridized carbons (Fsp3) is 0.350. The molecular formula is C20H24N2O2. The van der Waals surface area contributed by atoms with Crippen LogP contribution in [0.1, 0.15) is 27.0 Å². The molecule has 126 valence electrons. The minimum Gasteiger partial charge on any atom is -0.379 e. The van der Waals surface area contributed by atoms with Crippen molar-refractivity contribution in [2.45, 2.75) is 20.0 Å². The standard InChI is InChI=1S/C20H24N2O2/c1-16-5-4-8-17(13-16)20(23)21-14-18-6-2-3-7-19(18)15-22-9-11-24-12-10-22/h2-8,13H,9-12,14-15H2,1H3,(H,21,23). The number of hydrogen-bond donors (Lipinski definition) is 1. The molecule has 24 heavy (non-hydrogen) atoms. The summed E-state index contributed by atoms with van der Waals surface area (Å²) in [6, 6.07) is 16.0. The van der Waals surface area contributed by atoms with Crippen molar-refractivity contribution in [3.8, 4) is 0 Å². The van der Waals surface area contributed by atoms with Crippen molar-refractivity contribution in [3.05, 3.63) is 70.8 Å². The zero-order valence-corrected chi connectivity index (χ0v) is 14.1. The summed E-state index contributed by atoms with van der Waals surface area (Å²) in [5, 5.41) is 3.04. The number of carbonyl (C=O) groups excluding carboxylic acids is 1. The molecule has 0 spiro atoms. The van der Waals surface area contributed by atoms with E-state index in [1.165, 1.54) is 11.1 Å². The molecule has 2 aromatic rings. The molecule has 1 fully saturated rings. The number of nitrogens with zero attached hydrogens (tertiary/aromatic N) is 1. The van der Waals surface area contributed by atoms with Crippen molar-refractivity contribution in [2.24, 2.45) is 0 Å². The number of nitrogens with one attached hydrogen (secondary N) is 1. The van der Waals surface area contributed by atoms with Crippen LogP contribution in [0, 0.1) is 6.92 Å². The Hall–Kier alpha value is -2.17. The van der Waals surface area contributed by atoms with Gasteiger partial charge < -0.3 is 10.1 Å². The number of hydrogen-bond acceptors (Lipinski definition) is 3. The molecule has 3 rings (SSSR count). The van der Waals surface area contributed by atoms with Gasteiger partial charge in [0, 0.05) is 31.7 Å². The molecule has 0 radical (unpaired) electrons. The van der Waals surface area contributed by atoms with Crippen molar-refractivity contribution in [2.75, 3.05) is 26.3 Å². The van der Waals surface area contributed by atoms with E-state index in [0.717, 1.165) is 38.4 Å². The smallest absolute Gasteiger partial charge is 0.251 e. The van der Waals surface area contributed by atoms with E-state index in [2.05, 4.69) is 28.4 Å². The van der Waals surface area contributed by atoms with Crippen LogP contribution in [0.3, 0.4) is 0 Å². The first-order valence-electron chi connectivity index (χ1n) is 8.44. The second kappa shape index (κ2) is 8.08. The molecule has 0 atom stereocenters. The highest BCUT2D eigenvalue weighted by Crippen LogP contribution is 2.13. The van der Waals surface area contributed by atoms with Gasteiger partial charge in [0.15, 0.2) is 0 Å². The zero-order chi connectivity index (χ0) is 16.8. The van der Waals surface area contributed by atoms with Crippen LogP contribution < -0.4 is 5.32 Å². The highest BCUT2D eigenvalue weighted by atomic mass is 16.5. The lowest BCUT2D eigenvalue weighted by atomic mass is 10.1. The minimum absolute atomic E-state index is 0.0279. The van der Waals surface area contributed by atoms with Crippen LogP contribution in [-0.2, 0) is 17.8 Å². The molecule has 1 saturated heterocycles. The lowest BCUT2D eigenvalue weighted by Gasteiger charge is -2.27. The normalized spacial score (nSPS) is 15.2. The van der Waals surface area contributed by atoms with E-state index in [1.807, 2.05) is 37.3 Å². The number of rotatable bonds is 5. The van der Waals surface area contributed by atoms with Crippen molar-refractivity contribution in [1.29, 1.82) is 0 Å². The number of benzene rings is 2. The van der Waals surface area contributed by atoms with Crippen LogP contribution in [0.2, 0.25) is 0 Å². The number of ether oxygens (including phenoxy) is 1. The second-order valence-corrected chi connectivity index (χ2v) is 6.21. The summed E-state index contributed by atoms with van der Waals surface area (Å²) in [5.74, 6) is -0.0279. The first kappa shape index (κ1) is 16.7. The van der Waals surface area contributed by atoms with Gasteiger partial charge in [-0.1, -0.05) is 42.0 Å². The van der Waals surface area contributed by atoms with E-state index in [1.54, 1.807) is 0 Å². The summed E-state index contributed by atoms with van der Waals surface area (Å²) in [6.07, 6.45) is 0. The van der Waals surface area contributed by atoms with Gasteiger partial charge in [-0.25, -0.2) is 0 Å². The fourth-order valence-corrected chi connectivity index (χ4v) is 2.95.